The van der Waals surface area contributed by atoms with E-state index in [9.17, 15) is 8.42 Å². The van der Waals surface area contributed by atoms with Gasteiger partial charge in [0.1, 0.15) is 0 Å². The number of nitrogens with zero attached hydrogens (tertiary/aromatic N) is 2. The monoisotopic (exact) mass is 359 g/mol. The van der Waals surface area contributed by atoms with E-state index < -0.39 is 10.0 Å². The molecule has 6 nitrogen and oxygen atoms in total. The summed E-state index contributed by atoms with van der Waals surface area (Å²) >= 11 is 3.21. The Labute approximate surface area is 125 Å². The zero-order chi connectivity index (χ0) is 14.8. The lowest BCUT2D eigenvalue weighted by Crippen LogP contribution is -2.23. The molecule has 1 heterocycles. The summed E-state index contributed by atoms with van der Waals surface area (Å²) in [7, 11) is -1.85. The minimum atomic E-state index is -3.62. The number of rotatable bonds is 5. The van der Waals surface area contributed by atoms with Gasteiger partial charge in [-0.15, -0.1) is 0 Å². The third kappa shape index (κ3) is 3.45. The first-order valence-electron chi connectivity index (χ1n) is 5.79. The van der Waals surface area contributed by atoms with Crippen LogP contribution in [0, 0.1) is 0 Å². The molecule has 0 radical (unpaired) electrons. The maximum atomic E-state index is 12.2. The predicted octanol–water partition coefficient (Wildman–Crippen LogP) is 1.15. The van der Waals surface area contributed by atoms with Gasteiger partial charge in [-0.05, 0) is 33.6 Å². The van der Waals surface area contributed by atoms with Crippen LogP contribution < -0.4 is 4.72 Å². The van der Waals surface area contributed by atoms with Crippen molar-refractivity contribution in [3.8, 4) is 0 Å². The molecule has 0 saturated carbocycles. The standard InChI is InChI=1S/C12H14BrN3O3S/c1-16-7-10(5-14-16)6-15-20(18,19)12-3-2-9(8-17)4-11(12)13/h2-5,7,15,17H,6,8H2,1H3. The highest BCUT2D eigenvalue weighted by atomic mass is 79.9. The van der Waals surface area contributed by atoms with Crippen molar-refractivity contribution in [2.24, 2.45) is 7.05 Å². The number of benzene rings is 1. The van der Waals surface area contributed by atoms with E-state index in [4.69, 9.17) is 5.11 Å². The zero-order valence-electron chi connectivity index (χ0n) is 10.7. The van der Waals surface area contributed by atoms with Crippen LogP contribution in [0.4, 0.5) is 0 Å². The van der Waals surface area contributed by atoms with Gasteiger partial charge in [-0.1, -0.05) is 6.07 Å². The van der Waals surface area contributed by atoms with Gasteiger partial charge in [0.05, 0.1) is 17.7 Å². The molecule has 0 amide bonds. The molecule has 108 valence electrons. The fourth-order valence-electron chi connectivity index (χ4n) is 1.68. The summed E-state index contributed by atoms with van der Waals surface area (Å²) < 4.78 is 28.9. The first-order chi connectivity index (χ1) is 9.42. The lowest BCUT2D eigenvalue weighted by molar-refractivity contribution is 0.281. The first-order valence-corrected chi connectivity index (χ1v) is 8.06. The minimum Gasteiger partial charge on any atom is -0.392 e. The molecular weight excluding hydrogens is 346 g/mol. The van der Waals surface area contributed by atoms with Crippen LogP contribution in [0.25, 0.3) is 0 Å². The van der Waals surface area contributed by atoms with Crippen LogP contribution in [0.1, 0.15) is 11.1 Å². The maximum Gasteiger partial charge on any atom is 0.241 e. The largest absolute Gasteiger partial charge is 0.392 e. The molecule has 1 aromatic carbocycles. The van der Waals surface area contributed by atoms with Crippen LogP contribution in [0.15, 0.2) is 40.0 Å². The van der Waals surface area contributed by atoms with Crippen molar-refractivity contribution >= 4 is 26.0 Å². The Morgan fingerprint density at radius 1 is 1.40 bits per heavy atom. The molecule has 0 fully saturated rings. The lowest BCUT2D eigenvalue weighted by Gasteiger charge is -2.08. The van der Waals surface area contributed by atoms with Crippen molar-refractivity contribution in [3.63, 3.8) is 0 Å². The van der Waals surface area contributed by atoms with E-state index in [1.165, 1.54) is 6.07 Å². The van der Waals surface area contributed by atoms with Crippen LogP contribution in [0.5, 0.6) is 0 Å². The van der Waals surface area contributed by atoms with E-state index in [1.807, 2.05) is 0 Å². The average Bonchev–Trinajstić information content (AvgIpc) is 2.82. The minimum absolute atomic E-state index is 0.137. The molecule has 0 atom stereocenters. The summed E-state index contributed by atoms with van der Waals surface area (Å²) in [5.41, 5.74) is 1.42. The number of aryl methyl sites for hydroxylation is 1. The molecule has 2 rings (SSSR count). The van der Waals surface area contributed by atoms with E-state index in [0.29, 0.717) is 10.0 Å². The molecule has 0 saturated heterocycles. The molecule has 0 bridgehead atoms. The van der Waals surface area contributed by atoms with E-state index >= 15 is 0 Å². The van der Waals surface area contributed by atoms with Crippen LogP contribution in [-0.4, -0.2) is 23.3 Å². The van der Waals surface area contributed by atoms with Gasteiger partial charge in [0, 0.05) is 29.8 Å². The Hall–Kier alpha value is -1.22. The highest BCUT2D eigenvalue weighted by molar-refractivity contribution is 9.10. The number of aliphatic hydroxyl groups is 1. The van der Waals surface area contributed by atoms with Crippen molar-refractivity contribution in [2.75, 3.05) is 0 Å². The Balaban J connectivity index is 2.18. The summed E-state index contributed by atoms with van der Waals surface area (Å²) in [5.74, 6) is 0. The molecule has 0 aliphatic carbocycles. The number of nitrogens with one attached hydrogen (secondary N) is 1. The lowest BCUT2D eigenvalue weighted by atomic mass is 10.2. The Morgan fingerprint density at radius 3 is 2.70 bits per heavy atom. The van der Waals surface area contributed by atoms with E-state index in [0.717, 1.165) is 5.56 Å². The summed E-state index contributed by atoms with van der Waals surface area (Å²) in [6, 6.07) is 4.61. The van der Waals surface area contributed by atoms with Crippen molar-refractivity contribution in [1.82, 2.24) is 14.5 Å². The van der Waals surface area contributed by atoms with Crippen molar-refractivity contribution < 1.29 is 13.5 Å². The van der Waals surface area contributed by atoms with Crippen molar-refractivity contribution in [3.05, 3.63) is 46.2 Å². The van der Waals surface area contributed by atoms with Crippen LogP contribution in [0.3, 0.4) is 0 Å². The second-order valence-corrected chi connectivity index (χ2v) is 6.86. The Kier molecular flexibility index (Phi) is 4.59. The molecule has 1 aromatic heterocycles. The molecule has 2 aromatic rings. The second kappa shape index (κ2) is 6.04. The summed E-state index contributed by atoms with van der Waals surface area (Å²) in [6.45, 7) is 0.0341. The smallest absolute Gasteiger partial charge is 0.241 e. The van der Waals surface area contributed by atoms with Gasteiger partial charge < -0.3 is 5.11 Å². The molecule has 0 aliphatic rings. The van der Waals surface area contributed by atoms with Gasteiger partial charge in [-0.3, -0.25) is 4.68 Å². The summed E-state index contributed by atoms with van der Waals surface area (Å²) in [6.07, 6.45) is 3.35. The van der Waals surface area contributed by atoms with Crippen LogP contribution in [-0.2, 0) is 30.2 Å². The highest BCUT2D eigenvalue weighted by Gasteiger charge is 2.17. The van der Waals surface area contributed by atoms with Gasteiger partial charge in [0.25, 0.3) is 0 Å². The molecule has 0 aliphatic heterocycles. The zero-order valence-corrected chi connectivity index (χ0v) is 13.1. The summed E-state index contributed by atoms with van der Waals surface area (Å²) in [5, 5.41) is 13.0. The maximum absolute atomic E-state index is 12.2. The fourth-order valence-corrected chi connectivity index (χ4v) is 3.82. The van der Waals surface area contributed by atoms with Crippen molar-refractivity contribution in [1.29, 1.82) is 0 Å². The Bertz CT molecular complexity index is 712. The number of hydrogen-bond donors (Lipinski definition) is 2. The number of aliphatic hydroxyl groups excluding tert-OH is 1. The van der Waals surface area contributed by atoms with Crippen LogP contribution >= 0.6 is 15.9 Å². The predicted molar refractivity (Wildman–Crippen MR) is 77.3 cm³/mol. The van der Waals surface area contributed by atoms with Gasteiger partial charge in [-0.25, -0.2) is 13.1 Å². The first kappa shape index (κ1) is 15.2. The number of sulfonamides is 1. The van der Waals surface area contributed by atoms with Gasteiger partial charge in [0.15, 0.2) is 0 Å². The highest BCUT2D eigenvalue weighted by Crippen LogP contribution is 2.23. The number of halogens is 1. The molecule has 2 N–H and O–H groups in total. The molecular formula is C12H14BrN3O3S. The second-order valence-electron chi connectivity index (χ2n) is 4.27. The topological polar surface area (TPSA) is 84.2 Å². The van der Waals surface area contributed by atoms with E-state index in [1.54, 1.807) is 36.3 Å². The number of hydrogen-bond acceptors (Lipinski definition) is 4. The molecule has 8 heteroatoms. The molecule has 0 spiro atoms. The fraction of sp³-hybridized carbons (Fsp3) is 0.250. The van der Waals surface area contributed by atoms with E-state index in [-0.39, 0.29) is 18.0 Å². The third-order valence-electron chi connectivity index (χ3n) is 2.69. The molecule has 20 heavy (non-hydrogen) atoms. The van der Waals surface area contributed by atoms with Gasteiger partial charge in [-0.2, -0.15) is 5.10 Å². The third-order valence-corrected chi connectivity index (χ3v) is 5.07. The van der Waals surface area contributed by atoms with E-state index in [2.05, 4.69) is 25.8 Å². The number of aromatic nitrogens is 2. The van der Waals surface area contributed by atoms with Gasteiger partial charge >= 0.3 is 0 Å². The quantitative estimate of drug-likeness (QED) is 0.838. The van der Waals surface area contributed by atoms with Gasteiger partial charge in [0.2, 0.25) is 10.0 Å². The van der Waals surface area contributed by atoms with Crippen molar-refractivity contribution in [2.45, 2.75) is 18.0 Å². The summed E-state index contributed by atoms with van der Waals surface area (Å²) in [4.78, 5) is 0.138. The van der Waals surface area contributed by atoms with Crippen LogP contribution in [0.2, 0.25) is 0 Å². The molecule has 0 unspecified atom stereocenters. The SMILES string of the molecule is Cn1cc(CNS(=O)(=O)c2ccc(CO)cc2Br)cn1. The Morgan fingerprint density at radius 2 is 2.15 bits per heavy atom. The average molecular weight is 360 g/mol. The normalized spacial score (nSPS) is 11.8.